The summed E-state index contributed by atoms with van der Waals surface area (Å²) in [4.78, 5) is 28.0. The summed E-state index contributed by atoms with van der Waals surface area (Å²) in [5.74, 6) is -0.313. The van der Waals surface area contributed by atoms with Crippen molar-refractivity contribution in [2.24, 2.45) is 0 Å². The van der Waals surface area contributed by atoms with Gasteiger partial charge in [0, 0.05) is 13.0 Å². The smallest absolute Gasteiger partial charge is 0.726 e. The fraction of sp³-hybridized carbons (Fsp3) is 0.943. The molecule has 0 bridgehead atoms. The summed E-state index contributed by atoms with van der Waals surface area (Å²) >= 11 is 0. The van der Waals surface area contributed by atoms with Gasteiger partial charge in [-0.2, -0.15) is 0 Å². The number of carbonyl (C=O) groups excluding carboxylic acids is 2. The fourth-order valence-corrected chi connectivity index (χ4v) is 8.90. The fourth-order valence-electron chi connectivity index (χ4n) is 7.36. The van der Waals surface area contributed by atoms with Crippen molar-refractivity contribution in [2.75, 3.05) is 6.54 Å². The van der Waals surface area contributed by atoms with Crippen LogP contribution in [0.3, 0.4) is 0 Å². The van der Waals surface area contributed by atoms with Crippen molar-refractivity contribution >= 4 is 43.1 Å². The topological polar surface area (TPSA) is 246 Å². The molecule has 5 atom stereocenters. The normalized spacial score (nSPS) is 26.0. The van der Waals surface area contributed by atoms with Gasteiger partial charge in [0.1, 0.15) is 30.5 Å². The Balaban J connectivity index is 0. The number of hydrogen-bond acceptors (Lipinski definition) is 15. The zero-order valence-electron chi connectivity index (χ0n) is 34.8. The van der Waals surface area contributed by atoms with Crippen LogP contribution in [0.15, 0.2) is 0 Å². The van der Waals surface area contributed by atoms with Gasteiger partial charge in [-0.25, -0.2) is 30.0 Å². The molecule has 0 radical (unpaired) electrons. The average molecular weight is 902 g/mol. The molecule has 22 heteroatoms. The molecular weight excluding hydrogens is 840 g/mol. The Morgan fingerprint density at radius 2 is 0.982 bits per heavy atom. The Labute approximate surface area is 408 Å². The summed E-state index contributed by atoms with van der Waals surface area (Å²) in [7, 11) is -16.6. The summed E-state index contributed by atoms with van der Waals surface area (Å²) in [5, 5.41) is 0. The van der Waals surface area contributed by atoms with Crippen LogP contribution in [0.1, 0.15) is 174 Å². The predicted octanol–water partition coefficient (Wildman–Crippen LogP) is -3.17. The van der Waals surface area contributed by atoms with E-state index in [0.717, 1.165) is 96.3 Å². The van der Waals surface area contributed by atoms with Crippen molar-refractivity contribution in [1.82, 2.24) is 4.90 Å². The monoisotopic (exact) mass is 901 g/mol. The van der Waals surface area contributed by atoms with Crippen LogP contribution in [0.2, 0.25) is 0 Å². The van der Waals surface area contributed by atoms with Crippen molar-refractivity contribution in [1.29, 1.82) is 0 Å². The average Bonchev–Trinajstić information content (AvgIpc) is 3.57. The van der Waals surface area contributed by atoms with E-state index in [9.17, 15) is 48.5 Å². The summed E-state index contributed by atoms with van der Waals surface area (Å²) in [6.45, 7) is 2.65. The van der Waals surface area contributed by atoms with Gasteiger partial charge < -0.3 is 23.3 Å². The number of ether oxygens (including phenoxy) is 1. The Morgan fingerprint density at radius 3 is 1.40 bits per heavy atom. The van der Waals surface area contributed by atoms with Crippen molar-refractivity contribution < 1.29 is 154 Å². The molecule has 0 saturated carbocycles. The van der Waals surface area contributed by atoms with Crippen LogP contribution in [0.25, 0.3) is 0 Å². The van der Waals surface area contributed by atoms with Gasteiger partial charge in [0.2, 0.25) is 37.1 Å². The molecule has 0 aromatic carbocycles. The van der Waals surface area contributed by atoms with Crippen LogP contribution in [0.5, 0.6) is 0 Å². The molecule has 0 aromatic heterocycles. The van der Waals surface area contributed by atoms with Crippen molar-refractivity contribution in [3.63, 3.8) is 0 Å². The van der Waals surface area contributed by atoms with E-state index in [0.29, 0.717) is 51.5 Å². The molecule has 0 N–H and O–H groups in total. The summed E-state index contributed by atoms with van der Waals surface area (Å²) in [6, 6.07) is -0.523. The van der Waals surface area contributed by atoms with E-state index < -0.39 is 55.6 Å². The van der Waals surface area contributed by atoms with Crippen LogP contribution >= 0.6 is 0 Å². The number of nitrogens with zero attached hydrogens (tertiary/aromatic N) is 1. The van der Waals surface area contributed by atoms with Crippen molar-refractivity contribution in [2.45, 2.75) is 204 Å². The zero-order chi connectivity index (χ0) is 40.0. The van der Waals surface area contributed by atoms with E-state index in [1.165, 1.54) is 0 Å². The van der Waals surface area contributed by atoms with E-state index in [2.05, 4.69) is 19.5 Å². The Morgan fingerprint density at radius 1 is 0.579 bits per heavy atom. The van der Waals surface area contributed by atoms with E-state index >= 15 is 0 Å². The molecule has 57 heavy (non-hydrogen) atoms. The molecule has 2 fully saturated rings. The second-order valence-electron chi connectivity index (χ2n) is 14.6. The second-order valence-corrected chi connectivity index (χ2v) is 17.7. The molecule has 0 aliphatic carbocycles. The van der Waals surface area contributed by atoms with Gasteiger partial charge in [-0.05, 0) is 51.4 Å². The Bertz CT molecular complexity index is 1430. The molecular formula is C35H62NNa3O15S3. The zero-order valence-corrected chi connectivity index (χ0v) is 43.2. The minimum atomic E-state index is -5.60. The third kappa shape index (κ3) is 29.5. The van der Waals surface area contributed by atoms with Gasteiger partial charge in [0.25, 0.3) is 0 Å². The number of carbonyl (C=O) groups is 2. The number of unbranched alkanes of at least 4 members (excludes halogenated alkanes) is 1. The molecule has 2 saturated heterocycles. The van der Waals surface area contributed by atoms with E-state index in [4.69, 9.17) is 4.74 Å². The van der Waals surface area contributed by atoms with Gasteiger partial charge in [-0.1, -0.05) is 116 Å². The first kappa shape index (κ1) is 60.6. The van der Waals surface area contributed by atoms with Gasteiger partial charge in [-0.15, -0.1) is 0 Å². The van der Waals surface area contributed by atoms with Gasteiger partial charge in [0.05, 0.1) is 0 Å². The number of rotatable bonds is 9. The number of fused-ring (bicyclic) bond motifs is 1. The molecule has 2 heterocycles. The van der Waals surface area contributed by atoms with Gasteiger partial charge in [0.15, 0.2) is 0 Å². The van der Waals surface area contributed by atoms with E-state index in [1.54, 1.807) is 4.90 Å². The van der Waals surface area contributed by atoms with Crippen LogP contribution in [-0.2, 0) is 58.1 Å². The molecule has 16 nitrogen and oxygen atoms in total. The molecule has 2 rings (SSSR count). The summed E-state index contributed by atoms with van der Waals surface area (Å²) in [5.41, 5.74) is 0. The summed E-state index contributed by atoms with van der Waals surface area (Å²) in [6.07, 6.45) is 10.5. The quantitative estimate of drug-likeness (QED) is 0.0960. The second kappa shape index (κ2) is 33.1. The largest absolute Gasteiger partial charge is 1.00 e. The first-order valence-corrected chi connectivity index (χ1v) is 23.9. The van der Waals surface area contributed by atoms with Crippen LogP contribution in [0, 0.1) is 0 Å². The third-order valence-electron chi connectivity index (χ3n) is 10.1. The maximum absolute atomic E-state index is 13.3. The standard InChI is InChI=1S/C35H65NO15S3.3Na/c1-2-3-22-29-23-17-13-9-8-11-15-19-26-32(50-53(42,43)44)34(51-54(45,46)47)31(49-52(39,40)41)25-18-14-10-6-4-5-7-12-16-20-27-33(37)36-28-21-24-30(36)35(38)48-29;;;/h29-32,34H,2-28H2,1H3,(H,39,40,41)(H,42,43,44)(H,45,46,47);;;/q;3*+1/p-3/t29-,30-,31-,32-,34+;;;/m0.../s1. The maximum Gasteiger partial charge on any atom is 1.00 e. The summed E-state index contributed by atoms with van der Waals surface area (Å²) < 4.78 is 124. The van der Waals surface area contributed by atoms with E-state index in [-0.39, 0.29) is 132 Å². The number of esters is 1. The Kier molecular flexibility index (Phi) is 35.2. The van der Waals surface area contributed by atoms with Crippen LogP contribution < -0.4 is 88.7 Å². The predicted molar refractivity (Wildman–Crippen MR) is 195 cm³/mol. The maximum atomic E-state index is 13.3. The molecule has 2 aliphatic rings. The van der Waals surface area contributed by atoms with Crippen molar-refractivity contribution in [3.8, 4) is 0 Å². The number of cyclic esters (lactones) is 1. The number of amides is 1. The molecule has 2 aliphatic heterocycles. The molecule has 0 unspecified atom stereocenters. The SMILES string of the molecule is CCCC[C@H]1CCCCCCCCC[C@H](OS(=O)(=O)[O-])[C@H](OS(=O)(=O)[O-])[C@@H](OS(=O)(=O)[O-])CCCCCCCCCCCCC(=O)N2CCC[C@H]2C(=O)O1.[Na+].[Na+].[Na+]. The molecule has 0 spiro atoms. The van der Waals surface area contributed by atoms with Gasteiger partial charge in [-0.3, -0.25) is 17.3 Å². The van der Waals surface area contributed by atoms with Crippen molar-refractivity contribution in [3.05, 3.63) is 0 Å². The number of hydrogen-bond donors (Lipinski definition) is 0. The molecule has 318 valence electrons. The minimum absolute atomic E-state index is 0. The minimum Gasteiger partial charge on any atom is -0.726 e. The first-order valence-electron chi connectivity index (χ1n) is 19.9. The first-order chi connectivity index (χ1) is 25.5. The molecule has 1 amide bonds. The van der Waals surface area contributed by atoms with Crippen LogP contribution in [0.4, 0.5) is 0 Å². The van der Waals surface area contributed by atoms with E-state index in [1.807, 2.05) is 0 Å². The Hall–Kier alpha value is 1.55. The van der Waals surface area contributed by atoms with Crippen LogP contribution in [-0.4, -0.2) is 92.7 Å². The molecule has 0 aromatic rings. The third-order valence-corrected chi connectivity index (χ3v) is 11.5. The van der Waals surface area contributed by atoms with Gasteiger partial charge >= 0.3 is 94.6 Å².